The quantitative estimate of drug-likeness (QED) is 0.144. The van der Waals surface area contributed by atoms with Gasteiger partial charge in [0, 0.05) is 49.5 Å². The molecule has 0 saturated carbocycles. The minimum atomic E-state index is 0.895. The Balaban J connectivity index is 0.954. The lowest BCUT2D eigenvalue weighted by atomic mass is 9.92. The number of benzene rings is 11. The zero-order chi connectivity index (χ0) is 45.7. The average Bonchev–Trinajstić information content (AvgIpc) is 3.98. The lowest BCUT2D eigenvalue weighted by Crippen LogP contribution is -2.12. The molecule has 0 aliphatic carbocycles. The monoisotopic (exact) mass is 880 g/mol. The number of fused-ring (bicyclic) bond motifs is 6. The van der Waals surface area contributed by atoms with Crippen LogP contribution in [-0.4, -0.2) is 4.57 Å². The Bertz CT molecular complexity index is 3960. The fourth-order valence-corrected chi connectivity index (χ4v) is 10.5. The summed E-state index contributed by atoms with van der Waals surface area (Å²) < 4.78 is 8.93. The summed E-state index contributed by atoms with van der Waals surface area (Å²) in [6.45, 7) is 0. The predicted molar refractivity (Wildman–Crippen MR) is 290 cm³/mol. The molecule has 13 aromatic rings. The first-order chi connectivity index (χ1) is 34.3. The highest BCUT2D eigenvalue weighted by Gasteiger charge is 2.23. The van der Waals surface area contributed by atoms with Crippen molar-refractivity contribution in [2.24, 2.45) is 0 Å². The van der Waals surface area contributed by atoms with Gasteiger partial charge in [0.1, 0.15) is 11.2 Å². The third-order valence-electron chi connectivity index (χ3n) is 13.7. The molecular weight excluding hydrogens is 837 g/mol. The van der Waals surface area contributed by atoms with Crippen molar-refractivity contribution in [2.75, 3.05) is 4.90 Å². The highest BCUT2D eigenvalue weighted by Crippen LogP contribution is 2.47. The van der Waals surface area contributed by atoms with Crippen molar-refractivity contribution in [2.45, 2.75) is 0 Å². The van der Waals surface area contributed by atoms with Gasteiger partial charge in [-0.25, -0.2) is 0 Å². The number of nitrogens with zero attached hydrogens (tertiary/aromatic N) is 2. The van der Waals surface area contributed by atoms with Gasteiger partial charge in [-0.15, -0.1) is 0 Å². The highest BCUT2D eigenvalue weighted by atomic mass is 16.3. The Morgan fingerprint density at radius 1 is 0.275 bits per heavy atom. The Kier molecular flexibility index (Phi) is 9.84. The van der Waals surface area contributed by atoms with E-state index in [9.17, 15) is 0 Å². The van der Waals surface area contributed by atoms with Gasteiger partial charge in [0.05, 0.1) is 28.1 Å². The van der Waals surface area contributed by atoms with E-state index in [4.69, 9.17) is 4.42 Å². The van der Waals surface area contributed by atoms with E-state index in [1.807, 2.05) is 12.1 Å². The molecule has 2 heterocycles. The van der Waals surface area contributed by atoms with E-state index in [2.05, 4.69) is 264 Å². The molecule has 0 atom stereocenters. The van der Waals surface area contributed by atoms with Gasteiger partial charge in [-0.3, -0.25) is 0 Å². The third kappa shape index (κ3) is 6.91. The number of hydrogen-bond donors (Lipinski definition) is 0. The maximum atomic E-state index is 6.52. The number of furan rings is 1. The van der Waals surface area contributed by atoms with E-state index < -0.39 is 0 Å². The molecule has 0 amide bonds. The van der Waals surface area contributed by atoms with E-state index in [-0.39, 0.29) is 0 Å². The van der Waals surface area contributed by atoms with Crippen molar-refractivity contribution in [3.05, 3.63) is 267 Å². The van der Waals surface area contributed by atoms with Crippen LogP contribution in [0, 0.1) is 0 Å². The molecule has 69 heavy (non-hydrogen) atoms. The molecule has 0 N–H and O–H groups in total. The maximum Gasteiger partial charge on any atom is 0.143 e. The molecule has 0 spiro atoms. The number of aromatic nitrogens is 1. The Morgan fingerprint density at radius 3 is 1.43 bits per heavy atom. The van der Waals surface area contributed by atoms with Crippen LogP contribution in [0.2, 0.25) is 0 Å². The molecule has 324 valence electrons. The Hall–Kier alpha value is -9.18. The van der Waals surface area contributed by atoms with E-state index in [0.29, 0.717) is 0 Å². The zero-order valence-electron chi connectivity index (χ0n) is 37.7. The second kappa shape index (κ2) is 16.9. The first-order valence-electron chi connectivity index (χ1n) is 23.6. The van der Waals surface area contributed by atoms with Gasteiger partial charge in [0.15, 0.2) is 0 Å². The van der Waals surface area contributed by atoms with E-state index in [1.165, 1.54) is 44.1 Å². The molecule has 0 aliphatic rings. The summed E-state index contributed by atoms with van der Waals surface area (Å²) in [5.74, 6) is 0. The number of para-hydroxylation sites is 7. The number of hydrogen-bond acceptors (Lipinski definition) is 2. The predicted octanol–water partition coefficient (Wildman–Crippen LogP) is 18.5. The van der Waals surface area contributed by atoms with Gasteiger partial charge in [-0.1, -0.05) is 218 Å². The molecule has 11 aromatic carbocycles. The van der Waals surface area contributed by atoms with Crippen molar-refractivity contribution in [1.82, 2.24) is 4.57 Å². The van der Waals surface area contributed by atoms with Crippen LogP contribution < -0.4 is 4.90 Å². The average molecular weight is 881 g/mol. The summed E-state index contributed by atoms with van der Waals surface area (Å²) >= 11 is 0. The number of rotatable bonds is 9. The molecule has 3 nitrogen and oxygen atoms in total. The fraction of sp³-hybridized carbons (Fsp3) is 0. The van der Waals surface area contributed by atoms with Gasteiger partial charge >= 0.3 is 0 Å². The van der Waals surface area contributed by atoms with Crippen LogP contribution in [0.4, 0.5) is 17.1 Å². The molecule has 0 aliphatic heterocycles. The topological polar surface area (TPSA) is 21.3 Å². The van der Waals surface area contributed by atoms with Crippen molar-refractivity contribution in [1.29, 1.82) is 0 Å². The summed E-state index contributed by atoms with van der Waals surface area (Å²) in [5, 5.41) is 4.75. The third-order valence-corrected chi connectivity index (χ3v) is 13.7. The standard InChI is InChI=1S/C66H44N2O/c1-2-19-45(20-3-1)50-21-4-5-24-54(50)55-25-8-14-33-62(55)67(49-43-41-48(42-44-49)53-29-18-30-59-58-28-11-17-36-65(58)69-66(53)59)60-31-12-6-22-51(60)46-37-39-47(40-38-46)52-23-7-13-32-61(52)68-63-34-15-9-26-56(63)57-27-10-16-35-64(57)68/h1-44H. The molecule has 3 heteroatoms. The van der Waals surface area contributed by atoms with Gasteiger partial charge in [0.25, 0.3) is 0 Å². The SMILES string of the molecule is c1ccc(-c2ccccc2-c2ccccc2N(c2ccc(-c3cccc4c3oc3ccccc34)cc2)c2ccccc2-c2ccc(-c3ccccc3-n3c4ccccc4c4ccccc43)cc2)cc1. The lowest BCUT2D eigenvalue weighted by molar-refractivity contribution is 0.670. The van der Waals surface area contributed by atoms with E-state index in [1.54, 1.807) is 0 Å². The van der Waals surface area contributed by atoms with Gasteiger partial charge in [0.2, 0.25) is 0 Å². The fourth-order valence-electron chi connectivity index (χ4n) is 10.5. The summed E-state index contributed by atoms with van der Waals surface area (Å²) in [7, 11) is 0. The largest absolute Gasteiger partial charge is 0.455 e. The van der Waals surface area contributed by atoms with E-state index >= 15 is 0 Å². The summed E-state index contributed by atoms with van der Waals surface area (Å²) in [6, 6.07) is 96.1. The Labute approximate surface area is 401 Å². The van der Waals surface area contributed by atoms with Crippen molar-refractivity contribution in [3.8, 4) is 61.3 Å². The van der Waals surface area contributed by atoms with Crippen molar-refractivity contribution < 1.29 is 4.42 Å². The first kappa shape index (κ1) is 40.1. The lowest BCUT2D eigenvalue weighted by Gasteiger charge is -2.30. The van der Waals surface area contributed by atoms with Crippen molar-refractivity contribution in [3.63, 3.8) is 0 Å². The minimum absolute atomic E-state index is 0.895. The minimum Gasteiger partial charge on any atom is -0.455 e. The normalized spacial score (nSPS) is 11.5. The second-order valence-corrected chi connectivity index (χ2v) is 17.6. The number of anilines is 3. The second-order valence-electron chi connectivity index (χ2n) is 17.6. The molecule has 0 radical (unpaired) electrons. The summed E-state index contributed by atoms with van der Waals surface area (Å²) in [5.41, 5.74) is 20.0. The van der Waals surface area contributed by atoms with Crippen LogP contribution >= 0.6 is 0 Å². The molecule has 2 aromatic heterocycles. The van der Waals surface area contributed by atoms with E-state index in [0.717, 1.165) is 78.1 Å². The highest BCUT2D eigenvalue weighted by molar-refractivity contribution is 6.11. The molecule has 0 fully saturated rings. The summed E-state index contributed by atoms with van der Waals surface area (Å²) in [6.07, 6.45) is 0. The smallest absolute Gasteiger partial charge is 0.143 e. The van der Waals surface area contributed by atoms with Crippen molar-refractivity contribution >= 4 is 60.8 Å². The molecular formula is C66H44N2O. The van der Waals surface area contributed by atoms with Gasteiger partial charge < -0.3 is 13.9 Å². The first-order valence-corrected chi connectivity index (χ1v) is 23.6. The molecule has 0 saturated heterocycles. The summed E-state index contributed by atoms with van der Waals surface area (Å²) in [4.78, 5) is 2.43. The van der Waals surface area contributed by atoms with Crippen LogP contribution in [0.5, 0.6) is 0 Å². The van der Waals surface area contributed by atoms with Crippen LogP contribution in [0.25, 0.3) is 105 Å². The molecule has 0 unspecified atom stereocenters. The van der Waals surface area contributed by atoms with Gasteiger partial charge in [-0.2, -0.15) is 0 Å². The van der Waals surface area contributed by atoms with Gasteiger partial charge in [-0.05, 0) is 81.9 Å². The zero-order valence-corrected chi connectivity index (χ0v) is 37.7. The van der Waals surface area contributed by atoms with Crippen LogP contribution in [0.15, 0.2) is 271 Å². The van der Waals surface area contributed by atoms with Crippen LogP contribution in [-0.2, 0) is 0 Å². The van der Waals surface area contributed by atoms with Crippen LogP contribution in [0.1, 0.15) is 0 Å². The molecule has 13 rings (SSSR count). The Morgan fingerprint density at radius 2 is 0.725 bits per heavy atom. The van der Waals surface area contributed by atoms with Crippen LogP contribution in [0.3, 0.4) is 0 Å². The molecule has 0 bridgehead atoms. The maximum absolute atomic E-state index is 6.52.